The quantitative estimate of drug-likeness (QED) is 0.644. The van der Waals surface area contributed by atoms with E-state index in [0.717, 1.165) is 5.56 Å². The molecule has 6 heteroatoms. The van der Waals surface area contributed by atoms with Gasteiger partial charge in [0.2, 0.25) is 0 Å². The van der Waals surface area contributed by atoms with Gasteiger partial charge in [0.25, 0.3) is 5.78 Å². The van der Waals surface area contributed by atoms with Crippen LogP contribution in [0.1, 0.15) is 0 Å². The molecule has 0 atom stereocenters. The Morgan fingerprint density at radius 1 is 1.25 bits per heavy atom. The molecule has 0 fully saturated rings. The minimum absolute atomic E-state index is 0.521. The third-order valence-electron chi connectivity index (χ3n) is 2.13. The van der Waals surface area contributed by atoms with E-state index in [1.54, 1.807) is 29.3 Å². The second kappa shape index (κ2) is 3.27. The van der Waals surface area contributed by atoms with Crippen LogP contribution in [-0.2, 0) is 0 Å². The first kappa shape index (κ1) is 8.78. The molecule has 0 aliphatic rings. The summed E-state index contributed by atoms with van der Waals surface area (Å²) in [5.41, 5.74) is 7.01. The molecule has 0 bridgehead atoms. The van der Waals surface area contributed by atoms with E-state index in [4.69, 9.17) is 5.73 Å². The molecule has 3 aromatic rings. The van der Waals surface area contributed by atoms with Gasteiger partial charge in [-0.15, -0.1) is 5.10 Å². The van der Waals surface area contributed by atoms with Crippen molar-refractivity contribution in [1.29, 1.82) is 0 Å². The molecule has 16 heavy (non-hydrogen) atoms. The normalized spacial score (nSPS) is 10.8. The Balaban J connectivity index is 2.19. The van der Waals surface area contributed by atoms with Crippen molar-refractivity contribution in [2.75, 3.05) is 5.73 Å². The van der Waals surface area contributed by atoms with Crippen LogP contribution in [0.5, 0.6) is 0 Å². The lowest BCUT2D eigenvalue weighted by molar-refractivity contribution is 0.945. The summed E-state index contributed by atoms with van der Waals surface area (Å²) in [5, 5.41) is 4.27. The first-order chi connectivity index (χ1) is 7.83. The molecule has 0 unspecified atom stereocenters. The molecule has 0 saturated carbocycles. The van der Waals surface area contributed by atoms with Gasteiger partial charge in [0.1, 0.15) is 0 Å². The Morgan fingerprint density at radius 3 is 3.00 bits per heavy atom. The van der Waals surface area contributed by atoms with Crippen molar-refractivity contribution in [3.05, 3.63) is 36.9 Å². The summed E-state index contributed by atoms with van der Waals surface area (Å²) in [6.07, 6.45) is 6.64. The van der Waals surface area contributed by atoms with Crippen molar-refractivity contribution in [2.24, 2.45) is 0 Å². The number of nitrogens with zero attached hydrogens (tertiary/aromatic N) is 5. The van der Waals surface area contributed by atoms with E-state index in [1.807, 2.05) is 12.1 Å². The fourth-order valence-electron chi connectivity index (χ4n) is 1.41. The molecule has 0 aromatic carbocycles. The van der Waals surface area contributed by atoms with E-state index in [0.29, 0.717) is 17.3 Å². The summed E-state index contributed by atoms with van der Waals surface area (Å²) in [7, 11) is 0. The van der Waals surface area contributed by atoms with Gasteiger partial charge in [-0.25, -0.2) is 9.50 Å². The maximum absolute atomic E-state index is 5.61. The Kier molecular flexibility index (Phi) is 1.79. The van der Waals surface area contributed by atoms with Crippen LogP contribution in [0, 0.1) is 0 Å². The lowest BCUT2D eigenvalue weighted by Gasteiger charge is -1.91. The Morgan fingerprint density at radius 2 is 2.19 bits per heavy atom. The molecular weight excluding hydrogens is 204 g/mol. The lowest BCUT2D eigenvalue weighted by Crippen LogP contribution is -1.94. The summed E-state index contributed by atoms with van der Waals surface area (Å²) >= 11 is 0. The van der Waals surface area contributed by atoms with Gasteiger partial charge in [0.15, 0.2) is 5.82 Å². The number of hydrogen-bond acceptors (Lipinski definition) is 5. The largest absolute Gasteiger partial charge is 0.396 e. The van der Waals surface area contributed by atoms with Crippen molar-refractivity contribution < 1.29 is 0 Å². The Bertz CT molecular complexity index is 630. The highest BCUT2D eigenvalue weighted by Gasteiger charge is 2.06. The molecule has 0 spiro atoms. The summed E-state index contributed by atoms with van der Waals surface area (Å²) in [6, 6.07) is 3.73. The van der Waals surface area contributed by atoms with E-state index in [-0.39, 0.29) is 0 Å². The average molecular weight is 212 g/mol. The Hall–Kier alpha value is -2.50. The third kappa shape index (κ3) is 1.36. The van der Waals surface area contributed by atoms with E-state index >= 15 is 0 Å². The van der Waals surface area contributed by atoms with Gasteiger partial charge in [-0.2, -0.15) is 4.98 Å². The zero-order chi connectivity index (χ0) is 11.0. The van der Waals surface area contributed by atoms with Crippen molar-refractivity contribution >= 4 is 11.5 Å². The topological polar surface area (TPSA) is 82.0 Å². The smallest absolute Gasteiger partial charge is 0.252 e. The van der Waals surface area contributed by atoms with Gasteiger partial charge in [0.05, 0.1) is 18.1 Å². The highest BCUT2D eigenvalue weighted by atomic mass is 15.3. The van der Waals surface area contributed by atoms with E-state index in [2.05, 4.69) is 20.1 Å². The van der Waals surface area contributed by atoms with Crippen molar-refractivity contribution in [2.45, 2.75) is 0 Å². The number of anilines is 1. The van der Waals surface area contributed by atoms with Crippen LogP contribution in [0.3, 0.4) is 0 Å². The molecule has 0 saturated heterocycles. The second-order valence-electron chi connectivity index (χ2n) is 3.31. The first-order valence-corrected chi connectivity index (χ1v) is 4.71. The molecule has 3 heterocycles. The van der Waals surface area contributed by atoms with Crippen LogP contribution in [0.2, 0.25) is 0 Å². The fourth-order valence-corrected chi connectivity index (χ4v) is 1.41. The van der Waals surface area contributed by atoms with Crippen LogP contribution in [-0.4, -0.2) is 24.6 Å². The second-order valence-corrected chi connectivity index (χ2v) is 3.31. The molecule has 0 aliphatic carbocycles. The van der Waals surface area contributed by atoms with Crippen LogP contribution in [0.4, 0.5) is 5.69 Å². The minimum Gasteiger partial charge on any atom is -0.396 e. The van der Waals surface area contributed by atoms with Gasteiger partial charge in [-0.3, -0.25) is 4.98 Å². The molecule has 2 N–H and O–H groups in total. The standard InChI is InChI=1S/C10H8N6/c11-8-5-13-10-14-9(15-16(10)6-8)7-2-1-3-12-4-7/h1-6H,11H2. The van der Waals surface area contributed by atoms with Gasteiger partial charge in [-0.1, -0.05) is 0 Å². The zero-order valence-corrected chi connectivity index (χ0v) is 8.28. The maximum atomic E-state index is 5.61. The number of nitrogen functional groups attached to an aromatic ring is 1. The minimum atomic E-state index is 0.521. The number of rotatable bonds is 1. The monoisotopic (exact) mass is 212 g/mol. The number of nitrogens with two attached hydrogens (primary N) is 1. The van der Waals surface area contributed by atoms with Gasteiger partial charge in [-0.05, 0) is 12.1 Å². The molecule has 0 aliphatic heterocycles. The molecule has 78 valence electrons. The predicted octanol–water partition coefficient (Wildman–Crippen LogP) is 0.768. The number of fused-ring (bicyclic) bond motifs is 1. The maximum Gasteiger partial charge on any atom is 0.252 e. The van der Waals surface area contributed by atoms with Gasteiger partial charge < -0.3 is 5.73 Å². The predicted molar refractivity (Wildman–Crippen MR) is 58.4 cm³/mol. The van der Waals surface area contributed by atoms with E-state index in [1.165, 1.54) is 0 Å². The highest BCUT2D eigenvalue weighted by Crippen LogP contribution is 2.13. The highest BCUT2D eigenvalue weighted by molar-refractivity contribution is 5.55. The van der Waals surface area contributed by atoms with Crippen LogP contribution >= 0.6 is 0 Å². The van der Waals surface area contributed by atoms with Crippen LogP contribution in [0.15, 0.2) is 36.9 Å². The van der Waals surface area contributed by atoms with Crippen molar-refractivity contribution in [1.82, 2.24) is 24.6 Å². The van der Waals surface area contributed by atoms with Gasteiger partial charge >= 0.3 is 0 Å². The van der Waals surface area contributed by atoms with Crippen molar-refractivity contribution in [3.8, 4) is 11.4 Å². The van der Waals surface area contributed by atoms with Crippen molar-refractivity contribution in [3.63, 3.8) is 0 Å². The van der Waals surface area contributed by atoms with Crippen LogP contribution < -0.4 is 5.73 Å². The molecule has 3 rings (SSSR count). The summed E-state index contributed by atoms with van der Waals surface area (Å²) in [5.74, 6) is 1.11. The van der Waals surface area contributed by atoms with E-state index in [9.17, 15) is 0 Å². The fraction of sp³-hybridized carbons (Fsp3) is 0. The summed E-state index contributed by atoms with van der Waals surface area (Å²) < 4.78 is 1.55. The molecule has 0 amide bonds. The molecule has 6 nitrogen and oxygen atoms in total. The Labute approximate surface area is 90.8 Å². The SMILES string of the molecule is Nc1cnc2nc(-c3cccnc3)nn2c1. The molecule has 3 aromatic heterocycles. The average Bonchev–Trinajstić information content (AvgIpc) is 2.73. The number of aromatic nitrogens is 5. The van der Waals surface area contributed by atoms with Gasteiger partial charge in [0, 0.05) is 18.0 Å². The number of hydrogen-bond donors (Lipinski definition) is 1. The third-order valence-corrected chi connectivity index (χ3v) is 2.13. The van der Waals surface area contributed by atoms with Crippen LogP contribution in [0.25, 0.3) is 17.2 Å². The summed E-state index contributed by atoms with van der Waals surface area (Å²) in [4.78, 5) is 12.4. The zero-order valence-electron chi connectivity index (χ0n) is 8.28. The molecule has 0 radical (unpaired) electrons. The lowest BCUT2D eigenvalue weighted by atomic mass is 10.3. The van der Waals surface area contributed by atoms with E-state index < -0.39 is 0 Å². The summed E-state index contributed by atoms with van der Waals surface area (Å²) in [6.45, 7) is 0. The number of pyridine rings is 1. The molecular formula is C10H8N6. The first-order valence-electron chi connectivity index (χ1n) is 4.71.